The number of benzene rings is 1. The lowest BCUT2D eigenvalue weighted by Gasteiger charge is -2.23. The van der Waals surface area contributed by atoms with Crippen molar-refractivity contribution >= 4 is 23.2 Å². The van der Waals surface area contributed by atoms with Gasteiger partial charge in [0.05, 0.1) is 0 Å². The second-order valence-electron chi connectivity index (χ2n) is 4.71. The fraction of sp³-hybridized carbons (Fsp3) is 0.0714. The van der Waals surface area contributed by atoms with Crippen LogP contribution in [0.2, 0.25) is 0 Å². The second-order valence-corrected chi connectivity index (χ2v) is 4.71. The molecule has 2 aromatic rings. The van der Waals surface area contributed by atoms with E-state index in [1.807, 2.05) is 0 Å². The molecule has 1 aromatic heterocycles. The Morgan fingerprint density at radius 3 is 2.57 bits per heavy atom. The van der Waals surface area contributed by atoms with E-state index in [4.69, 9.17) is 16.3 Å². The molecule has 23 heavy (non-hydrogen) atoms. The first-order valence-electron chi connectivity index (χ1n) is 6.39. The molecular weight excluding hydrogens is 298 g/mol. The number of nitrogens with two attached hydrogens (primary N) is 1. The Labute approximate surface area is 130 Å². The molecule has 112 valence electrons. The molecular formula is C14H9N7O2. The first kappa shape index (κ1) is 14.3. The van der Waals surface area contributed by atoms with Gasteiger partial charge in [-0.1, -0.05) is 18.2 Å². The fourth-order valence-corrected chi connectivity index (χ4v) is 2.23. The summed E-state index contributed by atoms with van der Waals surface area (Å²) in [4.78, 5) is 19.7. The van der Waals surface area contributed by atoms with Gasteiger partial charge >= 0.3 is 0 Å². The van der Waals surface area contributed by atoms with Crippen molar-refractivity contribution < 1.29 is 9.90 Å². The number of nitriles is 2. The molecule has 1 aliphatic heterocycles. The van der Waals surface area contributed by atoms with Crippen molar-refractivity contribution in [2.24, 2.45) is 0 Å². The van der Waals surface area contributed by atoms with E-state index in [0.717, 1.165) is 0 Å². The van der Waals surface area contributed by atoms with Gasteiger partial charge in [0.15, 0.2) is 23.0 Å². The van der Waals surface area contributed by atoms with Crippen LogP contribution < -0.4 is 16.4 Å². The Morgan fingerprint density at radius 1 is 1.22 bits per heavy atom. The van der Waals surface area contributed by atoms with Gasteiger partial charge in [0.2, 0.25) is 5.72 Å². The fourth-order valence-electron chi connectivity index (χ4n) is 2.23. The molecule has 0 aliphatic carbocycles. The minimum Gasteiger partial charge on any atom is -0.381 e. The van der Waals surface area contributed by atoms with Gasteiger partial charge in [-0.05, 0) is 6.07 Å². The van der Waals surface area contributed by atoms with Crippen LogP contribution in [0, 0.1) is 22.7 Å². The van der Waals surface area contributed by atoms with Gasteiger partial charge in [-0.3, -0.25) is 4.79 Å². The predicted molar refractivity (Wildman–Crippen MR) is 78.5 cm³/mol. The predicted octanol–water partition coefficient (Wildman–Crippen LogP) is 0.0115. The van der Waals surface area contributed by atoms with E-state index in [0.29, 0.717) is 5.69 Å². The topological polar surface area (TPSA) is 161 Å². The molecule has 9 nitrogen and oxygen atoms in total. The highest BCUT2D eigenvalue weighted by molar-refractivity contribution is 6.06. The number of anilines is 3. The smallest absolute Gasteiger partial charge is 0.282 e. The molecule has 2 heterocycles. The molecule has 0 radical (unpaired) electrons. The van der Waals surface area contributed by atoms with Gasteiger partial charge in [0.25, 0.3) is 5.91 Å². The zero-order valence-corrected chi connectivity index (χ0v) is 11.5. The largest absolute Gasteiger partial charge is 0.381 e. The maximum Gasteiger partial charge on any atom is 0.282 e. The van der Waals surface area contributed by atoms with Crippen LogP contribution in [-0.2, 0) is 10.5 Å². The lowest BCUT2D eigenvalue weighted by Crippen LogP contribution is -2.42. The Hall–Kier alpha value is -3.69. The van der Waals surface area contributed by atoms with E-state index in [2.05, 4.69) is 20.6 Å². The van der Waals surface area contributed by atoms with Crippen LogP contribution in [-0.4, -0.2) is 21.0 Å². The molecule has 1 aromatic carbocycles. The zero-order valence-electron chi connectivity index (χ0n) is 11.5. The van der Waals surface area contributed by atoms with Crippen molar-refractivity contribution in [1.82, 2.24) is 9.97 Å². The van der Waals surface area contributed by atoms with Crippen molar-refractivity contribution in [3.8, 4) is 12.1 Å². The van der Waals surface area contributed by atoms with Crippen LogP contribution in [0.25, 0.3) is 0 Å². The Bertz CT molecular complexity index is 912. The number of para-hydroxylation sites is 1. The van der Waals surface area contributed by atoms with Crippen molar-refractivity contribution in [3.05, 3.63) is 41.2 Å². The van der Waals surface area contributed by atoms with E-state index in [1.165, 1.54) is 0 Å². The molecule has 9 heteroatoms. The summed E-state index contributed by atoms with van der Waals surface area (Å²) in [5.74, 6) is -1.11. The summed E-state index contributed by atoms with van der Waals surface area (Å²) in [6.07, 6.45) is 0. The van der Waals surface area contributed by atoms with E-state index < -0.39 is 11.6 Å². The number of rotatable bonds is 2. The van der Waals surface area contributed by atoms with E-state index in [-0.39, 0.29) is 28.6 Å². The van der Waals surface area contributed by atoms with Crippen LogP contribution in [0.5, 0.6) is 0 Å². The summed E-state index contributed by atoms with van der Waals surface area (Å²) < 4.78 is 0. The molecule has 1 aliphatic rings. The third-order valence-corrected chi connectivity index (χ3v) is 3.33. The minimum absolute atomic E-state index is 0.171. The number of hydrogen-bond donors (Lipinski definition) is 4. The van der Waals surface area contributed by atoms with Crippen LogP contribution in [0.3, 0.4) is 0 Å². The first-order valence-corrected chi connectivity index (χ1v) is 6.39. The van der Waals surface area contributed by atoms with Crippen molar-refractivity contribution in [2.45, 2.75) is 5.72 Å². The quantitative estimate of drug-likeness (QED) is 0.564. The van der Waals surface area contributed by atoms with Gasteiger partial charge < -0.3 is 21.5 Å². The molecule has 1 amide bonds. The molecule has 3 rings (SSSR count). The number of nitrogens with zero attached hydrogens (tertiary/aromatic N) is 4. The van der Waals surface area contributed by atoms with Gasteiger partial charge in [0, 0.05) is 11.3 Å². The van der Waals surface area contributed by atoms with E-state index in [9.17, 15) is 9.90 Å². The van der Waals surface area contributed by atoms with E-state index >= 15 is 0 Å². The molecule has 0 saturated heterocycles. The van der Waals surface area contributed by atoms with Gasteiger partial charge in [0.1, 0.15) is 12.1 Å². The summed E-state index contributed by atoms with van der Waals surface area (Å²) in [6.45, 7) is 0. The molecule has 0 spiro atoms. The summed E-state index contributed by atoms with van der Waals surface area (Å²) in [7, 11) is 0. The number of nitrogens with one attached hydrogen (secondary N) is 2. The molecule has 0 saturated carbocycles. The van der Waals surface area contributed by atoms with Crippen molar-refractivity contribution in [1.29, 1.82) is 10.5 Å². The van der Waals surface area contributed by atoms with Gasteiger partial charge in [-0.15, -0.1) is 0 Å². The minimum atomic E-state index is -2.11. The standard InChI is InChI=1S/C14H9N7O2/c15-5-9-10(6-16)19-12(11(17)18-9)21-14(23)7-3-1-2-4-8(7)20-13(14)22/h1-4,23H,(H2,17,18)(H,19,21)(H,20,22). The SMILES string of the molecule is N#Cc1nc(N)c(NC2(O)C(=O)Nc3ccccc32)nc1C#N. The number of aliphatic hydroxyl groups is 1. The summed E-state index contributed by atoms with van der Waals surface area (Å²) >= 11 is 0. The maximum absolute atomic E-state index is 12.1. The first-order chi connectivity index (χ1) is 11.0. The normalized spacial score (nSPS) is 18.5. The lowest BCUT2D eigenvalue weighted by atomic mass is 10.0. The lowest BCUT2D eigenvalue weighted by molar-refractivity contribution is -0.130. The Kier molecular flexibility index (Phi) is 3.06. The Balaban J connectivity index is 2.08. The number of aromatic nitrogens is 2. The number of hydrogen-bond acceptors (Lipinski definition) is 8. The van der Waals surface area contributed by atoms with Crippen LogP contribution in [0.15, 0.2) is 24.3 Å². The number of amides is 1. The third-order valence-electron chi connectivity index (χ3n) is 3.33. The van der Waals surface area contributed by atoms with Crippen molar-refractivity contribution in [2.75, 3.05) is 16.4 Å². The third kappa shape index (κ3) is 2.09. The summed E-state index contributed by atoms with van der Waals surface area (Å²) in [6, 6.07) is 9.94. The number of carbonyl (C=O) groups is 1. The number of carbonyl (C=O) groups excluding carboxylic acids is 1. The number of nitrogen functional groups attached to an aromatic ring is 1. The molecule has 1 atom stereocenters. The van der Waals surface area contributed by atoms with Crippen LogP contribution in [0.1, 0.15) is 17.0 Å². The highest BCUT2D eigenvalue weighted by Gasteiger charge is 2.46. The summed E-state index contributed by atoms with van der Waals surface area (Å²) in [5, 5.41) is 33.6. The molecule has 1 unspecified atom stereocenters. The second kappa shape index (κ2) is 4.94. The van der Waals surface area contributed by atoms with Crippen molar-refractivity contribution in [3.63, 3.8) is 0 Å². The molecule has 5 N–H and O–H groups in total. The average Bonchev–Trinajstić information content (AvgIpc) is 2.80. The highest BCUT2D eigenvalue weighted by Crippen LogP contribution is 2.36. The maximum atomic E-state index is 12.1. The van der Waals surface area contributed by atoms with Crippen LogP contribution in [0.4, 0.5) is 17.3 Å². The zero-order chi connectivity index (χ0) is 16.6. The monoisotopic (exact) mass is 307 g/mol. The molecule has 0 fully saturated rings. The molecule has 0 bridgehead atoms. The number of fused-ring (bicyclic) bond motifs is 1. The van der Waals surface area contributed by atoms with E-state index in [1.54, 1.807) is 36.4 Å². The average molecular weight is 307 g/mol. The summed E-state index contributed by atoms with van der Waals surface area (Å²) in [5.41, 5.74) is 3.80. The van der Waals surface area contributed by atoms with Crippen LogP contribution >= 0.6 is 0 Å². The Morgan fingerprint density at radius 2 is 1.87 bits per heavy atom. The van der Waals surface area contributed by atoms with Gasteiger partial charge in [-0.2, -0.15) is 10.5 Å². The van der Waals surface area contributed by atoms with Gasteiger partial charge in [-0.25, -0.2) is 9.97 Å². The highest BCUT2D eigenvalue weighted by atomic mass is 16.3.